The fourth-order valence-electron chi connectivity index (χ4n) is 3.10. The molecular formula is C20H19BrN2O3. The lowest BCUT2D eigenvalue weighted by atomic mass is 10.1. The molecule has 1 fully saturated rings. The highest BCUT2D eigenvalue weighted by Crippen LogP contribution is 2.30. The van der Waals surface area contributed by atoms with E-state index in [1.807, 2.05) is 25.1 Å². The van der Waals surface area contributed by atoms with Gasteiger partial charge in [-0.05, 0) is 49.7 Å². The highest BCUT2D eigenvalue weighted by Gasteiger charge is 2.35. The first-order chi connectivity index (χ1) is 12.3. The molecule has 0 spiro atoms. The molecule has 134 valence electrons. The first-order valence-corrected chi connectivity index (χ1v) is 9.13. The zero-order valence-electron chi connectivity index (χ0n) is 14.6. The molecule has 6 heteroatoms. The fourth-order valence-corrected chi connectivity index (χ4v) is 3.57. The van der Waals surface area contributed by atoms with Gasteiger partial charge in [0.05, 0.1) is 5.92 Å². The maximum Gasteiger partial charge on any atom is 0.229 e. The first-order valence-electron chi connectivity index (χ1n) is 8.33. The van der Waals surface area contributed by atoms with E-state index >= 15 is 0 Å². The second kappa shape index (κ2) is 7.41. The van der Waals surface area contributed by atoms with Crippen LogP contribution in [0.25, 0.3) is 0 Å². The molecule has 3 rings (SSSR count). The van der Waals surface area contributed by atoms with E-state index in [9.17, 15) is 14.4 Å². The van der Waals surface area contributed by atoms with Gasteiger partial charge in [-0.3, -0.25) is 14.4 Å². The van der Waals surface area contributed by atoms with E-state index in [1.54, 1.807) is 29.2 Å². The Morgan fingerprint density at radius 1 is 1.19 bits per heavy atom. The second-order valence-corrected chi connectivity index (χ2v) is 7.38. The Morgan fingerprint density at radius 2 is 1.96 bits per heavy atom. The van der Waals surface area contributed by atoms with Gasteiger partial charge in [0.25, 0.3) is 0 Å². The summed E-state index contributed by atoms with van der Waals surface area (Å²) in [5.74, 6) is -0.759. The smallest absolute Gasteiger partial charge is 0.229 e. The van der Waals surface area contributed by atoms with Gasteiger partial charge in [-0.15, -0.1) is 0 Å². The highest BCUT2D eigenvalue weighted by molar-refractivity contribution is 9.10. The molecule has 1 aliphatic heterocycles. The van der Waals surface area contributed by atoms with E-state index < -0.39 is 5.92 Å². The molecule has 0 radical (unpaired) electrons. The van der Waals surface area contributed by atoms with Gasteiger partial charge in [0.2, 0.25) is 11.8 Å². The van der Waals surface area contributed by atoms with Crippen molar-refractivity contribution in [3.8, 4) is 0 Å². The molecule has 0 saturated carbocycles. The normalized spacial score (nSPS) is 16.7. The van der Waals surface area contributed by atoms with E-state index in [0.29, 0.717) is 17.8 Å². The van der Waals surface area contributed by atoms with Crippen LogP contribution in [-0.4, -0.2) is 24.1 Å². The van der Waals surface area contributed by atoms with Crippen molar-refractivity contribution in [3.05, 3.63) is 58.1 Å². The maximum atomic E-state index is 12.6. The molecule has 2 amide bonds. The fraction of sp³-hybridized carbons (Fsp3) is 0.250. The van der Waals surface area contributed by atoms with Crippen molar-refractivity contribution >= 4 is 44.9 Å². The molecule has 26 heavy (non-hydrogen) atoms. The summed E-state index contributed by atoms with van der Waals surface area (Å²) in [6.07, 6.45) is 0.174. The number of nitrogens with zero attached hydrogens (tertiary/aromatic N) is 1. The van der Waals surface area contributed by atoms with Crippen LogP contribution < -0.4 is 10.2 Å². The number of hydrogen-bond donors (Lipinski definition) is 1. The van der Waals surface area contributed by atoms with E-state index in [2.05, 4.69) is 21.2 Å². The molecule has 0 aliphatic carbocycles. The van der Waals surface area contributed by atoms with E-state index in [1.165, 1.54) is 6.92 Å². The quantitative estimate of drug-likeness (QED) is 0.770. The molecule has 5 nitrogen and oxygen atoms in total. The second-order valence-electron chi connectivity index (χ2n) is 6.46. The summed E-state index contributed by atoms with van der Waals surface area (Å²) in [5, 5.41) is 2.82. The highest BCUT2D eigenvalue weighted by atomic mass is 79.9. The Labute approximate surface area is 160 Å². The van der Waals surface area contributed by atoms with Crippen molar-refractivity contribution in [2.24, 2.45) is 5.92 Å². The molecule has 1 N–H and O–H groups in total. The standard InChI is InChI=1S/C20H19BrN2O3/c1-12-8-16(21)6-7-18(12)23-11-15(10-19(23)25)20(26)22-17-5-3-4-14(9-17)13(2)24/h3-9,15H,10-11H2,1-2H3,(H,22,26)/t15-/m0/s1. The van der Waals surface area contributed by atoms with E-state index in [4.69, 9.17) is 0 Å². The first kappa shape index (κ1) is 18.3. The van der Waals surface area contributed by atoms with Gasteiger partial charge in [-0.2, -0.15) is 0 Å². The van der Waals surface area contributed by atoms with Gasteiger partial charge >= 0.3 is 0 Å². The average Bonchev–Trinajstić information content (AvgIpc) is 2.97. The molecule has 2 aromatic rings. The monoisotopic (exact) mass is 414 g/mol. The molecule has 1 aliphatic rings. The van der Waals surface area contributed by atoms with Crippen molar-refractivity contribution in [3.63, 3.8) is 0 Å². The molecular weight excluding hydrogens is 396 g/mol. The van der Waals surface area contributed by atoms with Crippen LogP contribution in [-0.2, 0) is 9.59 Å². The van der Waals surface area contributed by atoms with Gasteiger partial charge in [0, 0.05) is 34.4 Å². The van der Waals surface area contributed by atoms with Gasteiger partial charge in [0.15, 0.2) is 5.78 Å². The van der Waals surface area contributed by atoms with Crippen molar-refractivity contribution < 1.29 is 14.4 Å². The predicted octanol–water partition coefficient (Wildman–Crippen LogP) is 3.95. The van der Waals surface area contributed by atoms with Crippen molar-refractivity contribution in [2.75, 3.05) is 16.8 Å². The third-order valence-electron chi connectivity index (χ3n) is 4.48. The molecule has 0 aromatic heterocycles. The summed E-state index contributed by atoms with van der Waals surface area (Å²) in [7, 11) is 0. The number of carbonyl (C=O) groups is 3. The zero-order chi connectivity index (χ0) is 18.8. The Kier molecular flexibility index (Phi) is 5.23. The summed E-state index contributed by atoms with van der Waals surface area (Å²) in [6, 6.07) is 12.5. The van der Waals surface area contributed by atoms with Crippen LogP contribution in [0.5, 0.6) is 0 Å². The summed E-state index contributed by atoms with van der Waals surface area (Å²) in [6.45, 7) is 3.77. The van der Waals surface area contributed by atoms with Crippen LogP contribution in [0.3, 0.4) is 0 Å². The van der Waals surface area contributed by atoms with Gasteiger partial charge in [0.1, 0.15) is 0 Å². The van der Waals surface area contributed by atoms with Gasteiger partial charge in [-0.1, -0.05) is 28.1 Å². The van der Waals surface area contributed by atoms with Crippen molar-refractivity contribution in [2.45, 2.75) is 20.3 Å². The number of rotatable bonds is 4. The minimum absolute atomic E-state index is 0.0611. The summed E-state index contributed by atoms with van der Waals surface area (Å²) in [4.78, 5) is 38.1. The Bertz CT molecular complexity index is 894. The molecule has 1 atom stereocenters. The van der Waals surface area contributed by atoms with E-state index in [-0.39, 0.29) is 24.0 Å². The Hall–Kier alpha value is -2.47. The summed E-state index contributed by atoms with van der Waals surface area (Å²) < 4.78 is 0.949. The minimum Gasteiger partial charge on any atom is -0.326 e. The van der Waals surface area contributed by atoms with Crippen LogP contribution in [0.2, 0.25) is 0 Å². The molecule has 1 heterocycles. The van der Waals surface area contributed by atoms with Crippen LogP contribution in [0.4, 0.5) is 11.4 Å². The van der Waals surface area contributed by atoms with Crippen LogP contribution in [0, 0.1) is 12.8 Å². The van der Waals surface area contributed by atoms with Crippen molar-refractivity contribution in [1.29, 1.82) is 0 Å². The molecule has 1 saturated heterocycles. The average molecular weight is 415 g/mol. The Balaban J connectivity index is 1.73. The van der Waals surface area contributed by atoms with Gasteiger partial charge < -0.3 is 10.2 Å². The number of benzene rings is 2. The number of ketones is 1. The number of hydrogen-bond acceptors (Lipinski definition) is 3. The predicted molar refractivity (Wildman–Crippen MR) is 104 cm³/mol. The number of Topliss-reactive ketones (excluding diaryl/α,β-unsaturated/α-hetero) is 1. The van der Waals surface area contributed by atoms with Crippen LogP contribution in [0.1, 0.15) is 29.3 Å². The largest absolute Gasteiger partial charge is 0.326 e. The number of amides is 2. The number of carbonyl (C=O) groups excluding carboxylic acids is 3. The van der Waals surface area contributed by atoms with Gasteiger partial charge in [-0.25, -0.2) is 0 Å². The SMILES string of the molecule is CC(=O)c1cccc(NC(=O)[C@H]2CC(=O)N(c3ccc(Br)cc3C)C2)c1. The molecule has 0 unspecified atom stereocenters. The van der Waals surface area contributed by atoms with Crippen molar-refractivity contribution in [1.82, 2.24) is 0 Å². The van der Waals surface area contributed by atoms with Crippen LogP contribution in [0.15, 0.2) is 46.9 Å². The van der Waals surface area contributed by atoms with Crippen LogP contribution >= 0.6 is 15.9 Å². The third kappa shape index (κ3) is 3.85. The lowest BCUT2D eigenvalue weighted by molar-refractivity contribution is -0.122. The molecule has 0 bridgehead atoms. The number of anilines is 2. The topological polar surface area (TPSA) is 66.5 Å². The van der Waals surface area contributed by atoms with E-state index in [0.717, 1.165) is 15.7 Å². The summed E-state index contributed by atoms with van der Waals surface area (Å²) >= 11 is 3.42. The summed E-state index contributed by atoms with van der Waals surface area (Å²) in [5.41, 5.74) is 2.90. The minimum atomic E-state index is -0.425. The molecule has 2 aromatic carbocycles. The lowest BCUT2D eigenvalue weighted by Crippen LogP contribution is -2.28. The number of nitrogens with one attached hydrogen (secondary N) is 1. The zero-order valence-corrected chi connectivity index (χ0v) is 16.2. The number of aryl methyl sites for hydroxylation is 1. The third-order valence-corrected chi connectivity index (χ3v) is 4.98. The number of halogens is 1. The Morgan fingerprint density at radius 3 is 2.65 bits per heavy atom. The maximum absolute atomic E-state index is 12.6. The lowest BCUT2D eigenvalue weighted by Gasteiger charge is -2.19.